The Morgan fingerprint density at radius 3 is 2.59 bits per heavy atom. The summed E-state index contributed by atoms with van der Waals surface area (Å²) in [6.45, 7) is 0.942. The molecule has 0 aliphatic carbocycles. The third-order valence-corrected chi connectivity index (χ3v) is 6.08. The summed E-state index contributed by atoms with van der Waals surface area (Å²) in [7, 11) is 0. The molecule has 8 nitrogen and oxygen atoms in total. The Morgan fingerprint density at radius 1 is 1.14 bits per heavy atom. The minimum Gasteiger partial charge on any atom is -0.457 e. The molecule has 1 aliphatic rings. The molecule has 0 saturated carbocycles. The summed E-state index contributed by atoms with van der Waals surface area (Å²) >= 11 is 6.25. The Morgan fingerprint density at radius 2 is 1.89 bits per heavy atom. The maximum absolute atomic E-state index is 12.9. The van der Waals surface area contributed by atoms with E-state index in [-0.39, 0.29) is 46.2 Å². The van der Waals surface area contributed by atoms with Crippen molar-refractivity contribution >= 4 is 35.5 Å². The van der Waals surface area contributed by atoms with Crippen molar-refractivity contribution in [1.29, 1.82) is 5.26 Å². The van der Waals surface area contributed by atoms with Crippen LogP contribution in [0.4, 0.5) is 0 Å². The van der Waals surface area contributed by atoms with Crippen LogP contribution < -0.4 is 0 Å². The number of nitrogens with zero attached hydrogens (tertiary/aromatic N) is 2. The van der Waals surface area contributed by atoms with E-state index in [0.29, 0.717) is 11.3 Å². The van der Waals surface area contributed by atoms with Crippen LogP contribution in [-0.4, -0.2) is 40.9 Å². The maximum atomic E-state index is 12.9. The SMILES string of the molecule is CC1=C(C#N)C(=O)N(CCO)C(=O)/C1=C/c1ccc(-c2ccc(Cl)c(C(=O)OCc3ccccc3)c2)o1. The van der Waals surface area contributed by atoms with Gasteiger partial charge in [-0.3, -0.25) is 14.5 Å². The largest absolute Gasteiger partial charge is 0.457 e. The highest BCUT2D eigenvalue weighted by atomic mass is 35.5. The smallest absolute Gasteiger partial charge is 0.340 e. The van der Waals surface area contributed by atoms with E-state index in [9.17, 15) is 24.8 Å². The van der Waals surface area contributed by atoms with E-state index in [4.69, 9.17) is 20.8 Å². The van der Waals surface area contributed by atoms with Gasteiger partial charge in [0.05, 0.1) is 23.7 Å². The molecule has 0 fully saturated rings. The van der Waals surface area contributed by atoms with Gasteiger partial charge >= 0.3 is 5.97 Å². The topological polar surface area (TPSA) is 121 Å². The van der Waals surface area contributed by atoms with Crippen molar-refractivity contribution < 1.29 is 28.6 Å². The number of nitriles is 1. The number of rotatable bonds is 7. The Labute approximate surface area is 217 Å². The van der Waals surface area contributed by atoms with Gasteiger partial charge in [0, 0.05) is 11.1 Å². The number of hydrogen-bond acceptors (Lipinski definition) is 7. The fourth-order valence-corrected chi connectivity index (χ4v) is 3.99. The average molecular weight is 517 g/mol. The molecule has 3 aromatic rings. The highest BCUT2D eigenvalue weighted by Gasteiger charge is 2.35. The number of carbonyl (C=O) groups excluding carboxylic acids is 3. The van der Waals surface area contributed by atoms with Gasteiger partial charge in [-0.15, -0.1) is 0 Å². The molecule has 37 heavy (non-hydrogen) atoms. The van der Waals surface area contributed by atoms with Crippen molar-refractivity contribution in [2.24, 2.45) is 0 Å². The quantitative estimate of drug-likeness (QED) is 0.278. The number of aliphatic hydroxyl groups excluding tert-OH is 1. The molecule has 2 heterocycles. The number of amides is 2. The van der Waals surface area contributed by atoms with E-state index in [0.717, 1.165) is 10.5 Å². The van der Waals surface area contributed by atoms with Gasteiger partial charge in [-0.2, -0.15) is 5.26 Å². The van der Waals surface area contributed by atoms with E-state index in [1.165, 1.54) is 13.0 Å². The van der Waals surface area contributed by atoms with Crippen LogP contribution in [0.1, 0.15) is 28.6 Å². The zero-order chi connectivity index (χ0) is 26.5. The number of ether oxygens (including phenoxy) is 1. The van der Waals surface area contributed by atoms with E-state index in [1.807, 2.05) is 36.4 Å². The molecule has 0 radical (unpaired) electrons. The van der Waals surface area contributed by atoms with E-state index in [2.05, 4.69) is 0 Å². The first-order chi connectivity index (χ1) is 17.8. The number of aliphatic hydroxyl groups is 1. The zero-order valence-electron chi connectivity index (χ0n) is 19.7. The lowest BCUT2D eigenvalue weighted by Gasteiger charge is -2.26. The second-order valence-electron chi connectivity index (χ2n) is 8.11. The Kier molecular flexibility index (Phi) is 7.68. The lowest BCUT2D eigenvalue weighted by Crippen LogP contribution is -2.44. The molecule has 9 heteroatoms. The van der Waals surface area contributed by atoms with Crippen molar-refractivity contribution in [3.8, 4) is 17.4 Å². The first-order valence-electron chi connectivity index (χ1n) is 11.2. The summed E-state index contributed by atoms with van der Waals surface area (Å²) in [5.41, 5.74) is 1.71. The predicted molar refractivity (Wildman–Crippen MR) is 135 cm³/mol. The van der Waals surface area contributed by atoms with E-state index in [1.54, 1.807) is 30.3 Å². The van der Waals surface area contributed by atoms with E-state index >= 15 is 0 Å². The molecule has 0 unspecified atom stereocenters. The molecular formula is C28H21ClN2O6. The minimum absolute atomic E-state index is 0.0973. The highest BCUT2D eigenvalue weighted by molar-refractivity contribution is 6.33. The van der Waals surface area contributed by atoms with Gasteiger partial charge in [0.1, 0.15) is 29.8 Å². The van der Waals surface area contributed by atoms with E-state index < -0.39 is 24.4 Å². The van der Waals surface area contributed by atoms with Gasteiger partial charge in [0.2, 0.25) is 0 Å². The lowest BCUT2D eigenvalue weighted by atomic mass is 9.95. The number of furan rings is 1. The molecule has 0 saturated heterocycles. The van der Waals surface area contributed by atoms with Crippen LogP contribution in [0.5, 0.6) is 0 Å². The van der Waals surface area contributed by atoms with Crippen LogP contribution in [0.3, 0.4) is 0 Å². The monoisotopic (exact) mass is 516 g/mol. The van der Waals surface area contributed by atoms with Crippen LogP contribution in [-0.2, 0) is 20.9 Å². The molecule has 1 aromatic heterocycles. The molecule has 0 spiro atoms. The molecule has 2 aromatic carbocycles. The first-order valence-corrected chi connectivity index (χ1v) is 11.6. The van der Waals surface area contributed by atoms with Gasteiger partial charge in [-0.05, 0) is 54.5 Å². The molecule has 0 bridgehead atoms. The van der Waals surface area contributed by atoms with Crippen LogP contribution >= 0.6 is 11.6 Å². The van der Waals surface area contributed by atoms with Crippen LogP contribution in [0.25, 0.3) is 17.4 Å². The van der Waals surface area contributed by atoms with Crippen molar-refractivity contribution in [2.45, 2.75) is 13.5 Å². The number of halogens is 1. The Hall–Kier alpha value is -4.45. The maximum Gasteiger partial charge on any atom is 0.340 e. The van der Waals surface area contributed by atoms with Gasteiger partial charge in [0.15, 0.2) is 0 Å². The third-order valence-electron chi connectivity index (χ3n) is 5.75. The fraction of sp³-hybridized carbons (Fsp3) is 0.143. The minimum atomic E-state index is -0.746. The third kappa shape index (κ3) is 5.38. The summed E-state index contributed by atoms with van der Waals surface area (Å²) in [6, 6.07) is 19.1. The second-order valence-corrected chi connectivity index (χ2v) is 8.52. The lowest BCUT2D eigenvalue weighted by molar-refractivity contribution is -0.141. The molecular weight excluding hydrogens is 496 g/mol. The molecule has 0 atom stereocenters. The standard InChI is InChI=1S/C28H21ClN2O6/c1-17-21(26(33)31(11-12-32)27(34)23(17)15-30)14-20-8-10-25(37-20)19-7-9-24(29)22(13-19)28(35)36-16-18-5-3-2-4-6-18/h2-10,13-14,32H,11-12,16H2,1H3/b21-14+. The normalized spacial score (nSPS) is 14.8. The van der Waals surface area contributed by atoms with Crippen LogP contribution in [0.2, 0.25) is 5.02 Å². The van der Waals surface area contributed by atoms with Crippen LogP contribution in [0, 0.1) is 11.3 Å². The van der Waals surface area contributed by atoms with Crippen molar-refractivity contribution in [2.75, 3.05) is 13.2 Å². The first kappa shape index (κ1) is 25.6. The van der Waals surface area contributed by atoms with Crippen molar-refractivity contribution in [1.82, 2.24) is 4.90 Å². The van der Waals surface area contributed by atoms with Gasteiger partial charge in [-0.25, -0.2) is 4.79 Å². The van der Waals surface area contributed by atoms with Crippen molar-refractivity contribution in [3.05, 3.63) is 99.3 Å². The highest BCUT2D eigenvalue weighted by Crippen LogP contribution is 2.31. The van der Waals surface area contributed by atoms with Gasteiger partial charge in [-0.1, -0.05) is 41.9 Å². The Bertz CT molecular complexity index is 1480. The zero-order valence-corrected chi connectivity index (χ0v) is 20.5. The summed E-state index contributed by atoms with van der Waals surface area (Å²) in [5.74, 6) is -1.28. The number of imide groups is 1. The fourth-order valence-electron chi connectivity index (χ4n) is 3.80. The average Bonchev–Trinajstić information content (AvgIpc) is 3.37. The summed E-state index contributed by atoms with van der Waals surface area (Å²) in [4.78, 5) is 38.8. The van der Waals surface area contributed by atoms with Gasteiger partial charge in [0.25, 0.3) is 11.8 Å². The number of benzene rings is 2. The molecule has 1 aliphatic heterocycles. The summed E-state index contributed by atoms with van der Waals surface area (Å²) in [5, 5.41) is 18.9. The summed E-state index contributed by atoms with van der Waals surface area (Å²) < 4.78 is 11.3. The molecule has 1 N–H and O–H groups in total. The molecule has 4 rings (SSSR count). The van der Waals surface area contributed by atoms with Crippen molar-refractivity contribution in [3.63, 3.8) is 0 Å². The Balaban J connectivity index is 1.60. The predicted octanol–water partition coefficient (Wildman–Crippen LogP) is 4.54. The van der Waals surface area contributed by atoms with Gasteiger partial charge < -0.3 is 14.3 Å². The second kappa shape index (κ2) is 11.1. The number of β-amino-alcohol motifs (C(OH)–C–C–N with tert-alkyl or cyclic N) is 1. The number of esters is 1. The summed E-state index contributed by atoms with van der Waals surface area (Å²) in [6.07, 6.45) is 1.43. The van der Waals surface area contributed by atoms with Crippen LogP contribution in [0.15, 0.2) is 81.8 Å². The number of hydrogen-bond donors (Lipinski definition) is 1. The number of carbonyl (C=O) groups is 3. The molecule has 2 amide bonds. The molecule has 186 valence electrons.